The second-order valence-electron chi connectivity index (χ2n) is 8.52. The van der Waals surface area contributed by atoms with Gasteiger partial charge in [-0.25, -0.2) is 0 Å². The number of carbonyl (C=O) groups excluding carboxylic acids is 2. The number of hydrogen-bond acceptors (Lipinski definition) is 5. The van der Waals surface area contributed by atoms with E-state index in [2.05, 4.69) is 31.9 Å². The maximum atomic E-state index is 12.5. The van der Waals surface area contributed by atoms with Crippen molar-refractivity contribution < 1.29 is 9.59 Å². The SMILES string of the molecule is O=C1c2ccccc2C(=O)N1CCCCSc1nnc(-c2c[nH]c3ccccc23)n1C1CC1. The summed E-state index contributed by atoms with van der Waals surface area (Å²) >= 11 is 1.70. The zero-order valence-electron chi connectivity index (χ0n) is 18.0. The molecule has 0 radical (unpaired) electrons. The van der Waals surface area contributed by atoms with E-state index in [1.54, 1.807) is 36.0 Å². The minimum atomic E-state index is -0.180. The molecule has 6 rings (SSSR count). The number of benzene rings is 2. The summed E-state index contributed by atoms with van der Waals surface area (Å²) in [5.41, 5.74) is 3.21. The van der Waals surface area contributed by atoms with Crippen molar-refractivity contribution in [1.82, 2.24) is 24.6 Å². The summed E-state index contributed by atoms with van der Waals surface area (Å²) in [4.78, 5) is 29.7. The predicted molar refractivity (Wildman–Crippen MR) is 127 cm³/mol. The van der Waals surface area contributed by atoms with E-state index >= 15 is 0 Å². The van der Waals surface area contributed by atoms with Crippen molar-refractivity contribution in [3.05, 3.63) is 65.9 Å². The highest BCUT2D eigenvalue weighted by atomic mass is 32.2. The molecule has 1 saturated carbocycles. The Morgan fingerprint density at radius 2 is 1.64 bits per heavy atom. The highest BCUT2D eigenvalue weighted by Crippen LogP contribution is 2.42. The summed E-state index contributed by atoms with van der Waals surface area (Å²) in [5, 5.41) is 11.2. The van der Waals surface area contributed by atoms with Gasteiger partial charge in [0.25, 0.3) is 11.8 Å². The Balaban J connectivity index is 1.10. The standard InChI is InChI=1S/C25H23N5O2S/c31-23-18-8-1-2-9-19(18)24(32)29(23)13-5-6-14-33-25-28-27-22(30(25)16-11-12-16)20-15-26-21-10-4-3-7-17(20)21/h1-4,7-10,15-16,26H,5-6,11-14H2. The van der Waals surface area contributed by atoms with Crippen LogP contribution >= 0.6 is 11.8 Å². The van der Waals surface area contributed by atoms with Gasteiger partial charge in [-0.05, 0) is 43.9 Å². The molecule has 1 aliphatic heterocycles. The zero-order chi connectivity index (χ0) is 22.4. The molecule has 33 heavy (non-hydrogen) atoms. The summed E-state index contributed by atoms with van der Waals surface area (Å²) in [6, 6.07) is 15.8. The molecule has 1 fully saturated rings. The van der Waals surface area contributed by atoms with E-state index < -0.39 is 0 Å². The van der Waals surface area contributed by atoms with Crippen molar-refractivity contribution in [1.29, 1.82) is 0 Å². The van der Waals surface area contributed by atoms with Gasteiger partial charge in [0.05, 0.1) is 11.1 Å². The van der Waals surface area contributed by atoms with Gasteiger partial charge in [0.2, 0.25) is 0 Å². The Hall–Kier alpha value is -3.39. The summed E-state index contributed by atoms with van der Waals surface area (Å²) in [7, 11) is 0. The Labute approximate surface area is 195 Å². The lowest BCUT2D eigenvalue weighted by molar-refractivity contribution is 0.0652. The van der Waals surface area contributed by atoms with Crippen LogP contribution in [0.3, 0.4) is 0 Å². The van der Waals surface area contributed by atoms with Crippen LogP contribution in [0.25, 0.3) is 22.3 Å². The van der Waals surface area contributed by atoms with E-state index in [1.807, 2.05) is 18.3 Å². The Bertz CT molecular complexity index is 1340. The monoisotopic (exact) mass is 457 g/mol. The van der Waals surface area contributed by atoms with E-state index in [9.17, 15) is 9.59 Å². The van der Waals surface area contributed by atoms with Gasteiger partial charge in [0, 0.05) is 41.0 Å². The van der Waals surface area contributed by atoms with Gasteiger partial charge < -0.3 is 4.98 Å². The molecule has 1 aliphatic carbocycles. The molecular weight excluding hydrogens is 434 g/mol. The molecule has 8 heteroatoms. The summed E-state index contributed by atoms with van der Waals surface area (Å²) in [6.45, 7) is 0.447. The fourth-order valence-electron chi connectivity index (χ4n) is 4.46. The van der Waals surface area contributed by atoms with Crippen LogP contribution in [0.1, 0.15) is 52.4 Å². The number of para-hydroxylation sites is 1. The molecule has 0 atom stereocenters. The van der Waals surface area contributed by atoms with Crippen molar-refractivity contribution in [2.45, 2.75) is 36.9 Å². The molecule has 0 unspecified atom stereocenters. The van der Waals surface area contributed by atoms with Crippen LogP contribution in [0, 0.1) is 0 Å². The fraction of sp³-hybridized carbons (Fsp3) is 0.280. The number of nitrogens with one attached hydrogen (secondary N) is 1. The van der Waals surface area contributed by atoms with Crippen LogP contribution in [0.4, 0.5) is 0 Å². The van der Waals surface area contributed by atoms with Crippen LogP contribution in [-0.4, -0.2) is 48.8 Å². The van der Waals surface area contributed by atoms with E-state index in [0.717, 1.165) is 58.9 Å². The zero-order valence-corrected chi connectivity index (χ0v) is 18.8. The van der Waals surface area contributed by atoms with Crippen molar-refractivity contribution in [2.24, 2.45) is 0 Å². The average Bonchev–Trinajstić information content (AvgIpc) is 3.38. The third-order valence-corrected chi connectivity index (χ3v) is 7.32. The highest BCUT2D eigenvalue weighted by Gasteiger charge is 2.34. The first-order valence-corrected chi connectivity index (χ1v) is 12.3. The molecule has 2 aliphatic rings. The maximum absolute atomic E-state index is 12.5. The first-order chi connectivity index (χ1) is 16.2. The van der Waals surface area contributed by atoms with Crippen LogP contribution in [0.2, 0.25) is 0 Å². The van der Waals surface area contributed by atoms with E-state index in [4.69, 9.17) is 0 Å². The number of aromatic nitrogens is 4. The second kappa shape index (κ2) is 8.19. The molecule has 3 heterocycles. The van der Waals surface area contributed by atoms with E-state index in [-0.39, 0.29) is 11.8 Å². The summed E-state index contributed by atoms with van der Waals surface area (Å²) in [6.07, 6.45) is 5.98. The molecule has 7 nitrogen and oxygen atoms in total. The summed E-state index contributed by atoms with van der Waals surface area (Å²) in [5.74, 6) is 1.42. The van der Waals surface area contributed by atoms with Gasteiger partial charge >= 0.3 is 0 Å². The Kier molecular flexibility index (Phi) is 5.02. The number of carbonyl (C=O) groups is 2. The van der Waals surface area contributed by atoms with Gasteiger partial charge in [-0.2, -0.15) is 0 Å². The van der Waals surface area contributed by atoms with Crippen molar-refractivity contribution >= 4 is 34.5 Å². The molecule has 2 aromatic heterocycles. The van der Waals surface area contributed by atoms with Gasteiger partial charge in [0.15, 0.2) is 11.0 Å². The number of unbranched alkanes of at least 4 members (excludes halogenated alkanes) is 1. The molecule has 2 aromatic carbocycles. The number of H-pyrrole nitrogens is 1. The Morgan fingerprint density at radius 3 is 2.39 bits per heavy atom. The van der Waals surface area contributed by atoms with Crippen LogP contribution in [0.5, 0.6) is 0 Å². The van der Waals surface area contributed by atoms with Gasteiger partial charge in [-0.1, -0.05) is 42.1 Å². The fourth-order valence-corrected chi connectivity index (χ4v) is 5.46. The van der Waals surface area contributed by atoms with Crippen LogP contribution in [0.15, 0.2) is 59.9 Å². The molecule has 4 aromatic rings. The normalized spacial score (nSPS) is 15.6. The maximum Gasteiger partial charge on any atom is 0.261 e. The number of hydrogen-bond donors (Lipinski definition) is 1. The van der Waals surface area contributed by atoms with Crippen molar-refractivity contribution in [2.75, 3.05) is 12.3 Å². The lowest BCUT2D eigenvalue weighted by Crippen LogP contribution is -2.30. The molecule has 166 valence electrons. The number of aromatic amines is 1. The average molecular weight is 458 g/mol. The number of rotatable bonds is 8. The van der Waals surface area contributed by atoms with Gasteiger partial charge in [0.1, 0.15) is 0 Å². The number of nitrogens with zero attached hydrogens (tertiary/aromatic N) is 4. The lowest BCUT2D eigenvalue weighted by Gasteiger charge is -2.13. The smallest absolute Gasteiger partial charge is 0.261 e. The Morgan fingerprint density at radius 1 is 0.909 bits per heavy atom. The molecular formula is C25H23N5O2S. The third-order valence-electron chi connectivity index (χ3n) is 6.29. The highest BCUT2D eigenvalue weighted by molar-refractivity contribution is 7.99. The first-order valence-electron chi connectivity index (χ1n) is 11.3. The van der Waals surface area contributed by atoms with Crippen LogP contribution in [-0.2, 0) is 0 Å². The predicted octanol–water partition coefficient (Wildman–Crippen LogP) is 4.93. The number of amides is 2. The van der Waals surface area contributed by atoms with Crippen LogP contribution < -0.4 is 0 Å². The quantitative estimate of drug-likeness (QED) is 0.230. The minimum Gasteiger partial charge on any atom is -0.360 e. The molecule has 0 spiro atoms. The molecule has 1 N–H and O–H groups in total. The van der Waals surface area contributed by atoms with E-state index in [1.165, 1.54) is 4.90 Å². The largest absolute Gasteiger partial charge is 0.360 e. The minimum absolute atomic E-state index is 0.180. The van der Waals surface area contributed by atoms with Crippen molar-refractivity contribution in [3.8, 4) is 11.4 Å². The number of fused-ring (bicyclic) bond motifs is 2. The molecule has 2 amide bonds. The third kappa shape index (κ3) is 3.54. The second-order valence-corrected chi connectivity index (χ2v) is 9.58. The topological polar surface area (TPSA) is 83.9 Å². The summed E-state index contributed by atoms with van der Waals surface area (Å²) < 4.78 is 2.28. The van der Waals surface area contributed by atoms with Crippen molar-refractivity contribution in [3.63, 3.8) is 0 Å². The molecule has 0 bridgehead atoms. The molecule has 0 saturated heterocycles. The number of thioether (sulfide) groups is 1. The van der Waals surface area contributed by atoms with E-state index in [0.29, 0.717) is 23.7 Å². The van der Waals surface area contributed by atoms with Gasteiger partial charge in [-0.3, -0.25) is 19.1 Å². The first kappa shape index (κ1) is 20.2. The van der Waals surface area contributed by atoms with Gasteiger partial charge in [-0.15, -0.1) is 10.2 Å². The number of imide groups is 1. The lowest BCUT2D eigenvalue weighted by atomic mass is 10.1.